The molecule has 0 spiro atoms. The van der Waals surface area contributed by atoms with Gasteiger partial charge in [-0.2, -0.15) is 0 Å². The van der Waals surface area contributed by atoms with Gasteiger partial charge in [0.1, 0.15) is 0 Å². The van der Waals surface area contributed by atoms with E-state index in [9.17, 15) is 0 Å². The summed E-state index contributed by atoms with van der Waals surface area (Å²) < 4.78 is 0. The summed E-state index contributed by atoms with van der Waals surface area (Å²) in [7, 11) is 0. The molecular formula is C22H21N. The van der Waals surface area contributed by atoms with Crippen molar-refractivity contribution in [3.63, 3.8) is 0 Å². The lowest BCUT2D eigenvalue weighted by atomic mass is 10.1. The van der Waals surface area contributed by atoms with Crippen molar-refractivity contribution in [3.8, 4) is 0 Å². The van der Waals surface area contributed by atoms with Gasteiger partial charge in [0.05, 0.1) is 0 Å². The zero-order valence-electron chi connectivity index (χ0n) is 13.6. The van der Waals surface area contributed by atoms with Crippen LogP contribution in [0.3, 0.4) is 0 Å². The van der Waals surface area contributed by atoms with Gasteiger partial charge < -0.3 is 5.32 Å². The minimum atomic E-state index is 1.11. The van der Waals surface area contributed by atoms with Crippen molar-refractivity contribution >= 4 is 17.5 Å². The lowest BCUT2D eigenvalue weighted by Gasteiger charge is -2.16. The summed E-state index contributed by atoms with van der Waals surface area (Å²) in [5, 5.41) is 3.64. The number of nitrogens with one attached hydrogen (secondary N) is 1. The Balaban J connectivity index is 2.05. The fraction of sp³-hybridized carbons (Fsp3) is 0.0909. The summed E-state index contributed by atoms with van der Waals surface area (Å²) in [5.41, 5.74) is 7.15. The van der Waals surface area contributed by atoms with E-state index in [0.717, 1.165) is 5.70 Å². The van der Waals surface area contributed by atoms with Gasteiger partial charge in [-0.25, -0.2) is 0 Å². The van der Waals surface area contributed by atoms with Gasteiger partial charge in [0, 0.05) is 11.4 Å². The van der Waals surface area contributed by atoms with Crippen LogP contribution in [0.25, 0.3) is 11.8 Å². The molecule has 0 radical (unpaired) electrons. The zero-order chi connectivity index (χ0) is 16.1. The Morgan fingerprint density at radius 1 is 0.696 bits per heavy atom. The first-order valence-electron chi connectivity index (χ1n) is 7.89. The SMILES string of the molecule is Cc1cccc(C)c1N/C(=C/c1ccccc1)c1ccccc1. The quantitative estimate of drug-likeness (QED) is 0.590. The molecule has 1 heteroatoms. The standard InChI is InChI=1S/C22H21N/c1-17-10-9-11-18(2)22(17)23-21(20-14-7-4-8-15-20)16-19-12-5-3-6-13-19/h3-16,23H,1-2H3/b21-16+. The summed E-state index contributed by atoms with van der Waals surface area (Å²) in [6, 6.07) is 27.2. The van der Waals surface area contributed by atoms with Crippen molar-refractivity contribution in [2.75, 3.05) is 5.32 Å². The van der Waals surface area contributed by atoms with E-state index >= 15 is 0 Å². The Hall–Kier alpha value is -2.80. The van der Waals surface area contributed by atoms with Crippen molar-refractivity contribution in [2.24, 2.45) is 0 Å². The van der Waals surface area contributed by atoms with Crippen LogP contribution in [-0.2, 0) is 0 Å². The average Bonchev–Trinajstić information content (AvgIpc) is 2.59. The summed E-state index contributed by atoms with van der Waals surface area (Å²) in [5.74, 6) is 0. The minimum Gasteiger partial charge on any atom is -0.355 e. The third kappa shape index (κ3) is 3.70. The maximum Gasteiger partial charge on any atom is 0.0463 e. The Morgan fingerprint density at radius 2 is 1.26 bits per heavy atom. The lowest BCUT2D eigenvalue weighted by Crippen LogP contribution is -2.02. The number of hydrogen-bond acceptors (Lipinski definition) is 1. The van der Waals surface area contributed by atoms with Gasteiger partial charge >= 0.3 is 0 Å². The summed E-state index contributed by atoms with van der Waals surface area (Å²) >= 11 is 0. The van der Waals surface area contributed by atoms with Gasteiger partial charge in [0.2, 0.25) is 0 Å². The highest BCUT2D eigenvalue weighted by Crippen LogP contribution is 2.26. The highest BCUT2D eigenvalue weighted by Gasteiger charge is 2.06. The van der Waals surface area contributed by atoms with Gasteiger partial charge in [-0.1, -0.05) is 78.9 Å². The molecule has 23 heavy (non-hydrogen) atoms. The molecule has 1 N–H and O–H groups in total. The van der Waals surface area contributed by atoms with Crippen LogP contribution < -0.4 is 5.32 Å². The van der Waals surface area contributed by atoms with Crippen molar-refractivity contribution in [1.82, 2.24) is 0 Å². The largest absolute Gasteiger partial charge is 0.355 e. The van der Waals surface area contributed by atoms with Crippen LogP contribution in [0.15, 0.2) is 78.9 Å². The van der Waals surface area contributed by atoms with Crippen molar-refractivity contribution in [1.29, 1.82) is 0 Å². The van der Waals surface area contributed by atoms with Gasteiger partial charge in [-0.05, 0) is 42.2 Å². The number of aryl methyl sites for hydroxylation is 2. The molecule has 0 saturated carbocycles. The van der Waals surface area contributed by atoms with Crippen molar-refractivity contribution in [3.05, 3.63) is 101 Å². The van der Waals surface area contributed by atoms with Gasteiger partial charge in [-0.3, -0.25) is 0 Å². The molecule has 0 atom stereocenters. The van der Waals surface area contributed by atoms with E-state index in [1.54, 1.807) is 0 Å². The zero-order valence-corrected chi connectivity index (χ0v) is 13.6. The average molecular weight is 299 g/mol. The normalized spacial score (nSPS) is 11.3. The molecule has 3 aromatic carbocycles. The summed E-state index contributed by atoms with van der Waals surface area (Å²) in [6.07, 6.45) is 2.20. The van der Waals surface area contributed by atoms with Crippen molar-refractivity contribution < 1.29 is 0 Å². The molecule has 0 aromatic heterocycles. The van der Waals surface area contributed by atoms with Crippen LogP contribution in [0, 0.1) is 13.8 Å². The Bertz CT molecular complexity index is 782. The van der Waals surface area contributed by atoms with E-state index < -0.39 is 0 Å². The molecule has 0 bridgehead atoms. The van der Waals surface area contributed by atoms with E-state index in [0.29, 0.717) is 0 Å². The van der Waals surface area contributed by atoms with E-state index in [2.05, 4.69) is 92.0 Å². The van der Waals surface area contributed by atoms with E-state index in [1.165, 1.54) is 27.9 Å². The Labute approximate surface area is 138 Å². The van der Waals surface area contributed by atoms with Crippen LogP contribution in [0.4, 0.5) is 5.69 Å². The Kier molecular flexibility index (Phi) is 4.58. The maximum atomic E-state index is 3.64. The number of benzene rings is 3. The molecule has 3 rings (SSSR count). The highest BCUT2D eigenvalue weighted by atomic mass is 14.9. The number of hydrogen-bond donors (Lipinski definition) is 1. The summed E-state index contributed by atoms with van der Waals surface area (Å²) in [4.78, 5) is 0. The predicted molar refractivity (Wildman–Crippen MR) is 100 cm³/mol. The first kappa shape index (κ1) is 15.1. The number of anilines is 1. The third-order valence-corrected chi connectivity index (χ3v) is 3.94. The molecule has 0 heterocycles. The molecule has 114 valence electrons. The number of para-hydroxylation sites is 1. The fourth-order valence-corrected chi connectivity index (χ4v) is 2.67. The van der Waals surface area contributed by atoms with E-state index in [4.69, 9.17) is 0 Å². The number of rotatable bonds is 4. The maximum absolute atomic E-state index is 3.64. The second kappa shape index (κ2) is 6.97. The van der Waals surface area contributed by atoms with Crippen LogP contribution in [0.1, 0.15) is 22.3 Å². The molecule has 0 aliphatic carbocycles. The predicted octanol–water partition coefficient (Wildman–Crippen LogP) is 5.91. The van der Waals surface area contributed by atoms with Crippen LogP contribution in [0.2, 0.25) is 0 Å². The Morgan fingerprint density at radius 3 is 1.87 bits per heavy atom. The molecule has 0 aliphatic heterocycles. The fourth-order valence-electron chi connectivity index (χ4n) is 2.67. The molecule has 0 aliphatic rings. The topological polar surface area (TPSA) is 12.0 Å². The van der Waals surface area contributed by atoms with Gasteiger partial charge in [-0.15, -0.1) is 0 Å². The minimum absolute atomic E-state index is 1.11. The molecule has 0 fully saturated rings. The molecule has 0 amide bonds. The van der Waals surface area contributed by atoms with Gasteiger partial charge in [0.25, 0.3) is 0 Å². The van der Waals surface area contributed by atoms with Crippen LogP contribution in [-0.4, -0.2) is 0 Å². The monoisotopic (exact) mass is 299 g/mol. The third-order valence-electron chi connectivity index (χ3n) is 3.94. The first-order valence-corrected chi connectivity index (χ1v) is 7.89. The second-order valence-corrected chi connectivity index (χ2v) is 5.73. The molecular weight excluding hydrogens is 278 g/mol. The molecule has 1 nitrogen and oxygen atoms in total. The highest BCUT2D eigenvalue weighted by molar-refractivity contribution is 5.89. The second-order valence-electron chi connectivity index (χ2n) is 5.73. The summed E-state index contributed by atoms with van der Waals surface area (Å²) in [6.45, 7) is 4.28. The van der Waals surface area contributed by atoms with Crippen molar-refractivity contribution in [2.45, 2.75) is 13.8 Å². The van der Waals surface area contributed by atoms with Gasteiger partial charge in [0.15, 0.2) is 0 Å². The van der Waals surface area contributed by atoms with Crippen LogP contribution in [0.5, 0.6) is 0 Å². The molecule has 0 unspecified atom stereocenters. The van der Waals surface area contributed by atoms with Crippen LogP contribution >= 0.6 is 0 Å². The molecule has 0 saturated heterocycles. The smallest absolute Gasteiger partial charge is 0.0463 e. The molecule has 3 aromatic rings. The lowest BCUT2D eigenvalue weighted by molar-refractivity contribution is 1.36. The van der Waals surface area contributed by atoms with E-state index in [-0.39, 0.29) is 0 Å². The first-order chi connectivity index (χ1) is 11.2. The van der Waals surface area contributed by atoms with E-state index in [1.807, 2.05) is 12.1 Å².